The molecular weight excluding hydrogens is 326 g/mol. The summed E-state index contributed by atoms with van der Waals surface area (Å²) < 4.78 is 27.1. The number of carbonyl (C=O) groups is 1. The molecule has 0 saturated heterocycles. The number of rotatable bonds is 8. The maximum atomic E-state index is 12.3. The largest absolute Gasteiger partial charge is 0.352 e. The van der Waals surface area contributed by atoms with E-state index in [0.717, 1.165) is 19.3 Å². The van der Waals surface area contributed by atoms with Gasteiger partial charge in [0.15, 0.2) is 0 Å². The molecule has 2 aromatic rings. The summed E-state index contributed by atoms with van der Waals surface area (Å²) in [5, 5.41) is 2.82. The van der Waals surface area contributed by atoms with Gasteiger partial charge in [-0.2, -0.15) is 0 Å². The normalized spacial score (nSPS) is 11.0. The van der Waals surface area contributed by atoms with Gasteiger partial charge in [-0.05, 0) is 42.8 Å². The molecule has 0 aliphatic carbocycles. The minimum absolute atomic E-state index is 0.0989. The summed E-state index contributed by atoms with van der Waals surface area (Å²) in [6, 6.07) is 8.99. The quantitative estimate of drug-likeness (QED) is 0.719. The number of hydrogen-bond acceptors (Lipinski definition) is 4. The lowest BCUT2D eigenvalue weighted by atomic mass is 10.2. The van der Waals surface area contributed by atoms with E-state index in [-0.39, 0.29) is 10.8 Å². The van der Waals surface area contributed by atoms with E-state index in [2.05, 4.69) is 21.9 Å². The van der Waals surface area contributed by atoms with E-state index < -0.39 is 10.0 Å². The van der Waals surface area contributed by atoms with Crippen molar-refractivity contribution in [3.8, 4) is 0 Å². The van der Waals surface area contributed by atoms with Crippen LogP contribution in [0.15, 0.2) is 53.7 Å². The van der Waals surface area contributed by atoms with Crippen LogP contribution in [0.25, 0.3) is 0 Å². The Kier molecular flexibility index (Phi) is 6.31. The molecule has 1 aromatic carbocycles. The molecule has 0 spiro atoms. The molecule has 1 amide bonds. The Labute approximate surface area is 142 Å². The number of unbranched alkanes of at least 4 members (excludes halogenated alkanes) is 2. The highest BCUT2D eigenvalue weighted by Gasteiger charge is 2.15. The first kappa shape index (κ1) is 17.9. The maximum Gasteiger partial charge on any atom is 0.261 e. The van der Waals surface area contributed by atoms with Crippen LogP contribution in [0.1, 0.15) is 36.5 Å². The number of pyridine rings is 1. The van der Waals surface area contributed by atoms with Gasteiger partial charge in [0.25, 0.3) is 15.9 Å². The van der Waals surface area contributed by atoms with Crippen molar-refractivity contribution in [2.45, 2.75) is 31.1 Å². The predicted molar refractivity (Wildman–Crippen MR) is 93.3 cm³/mol. The van der Waals surface area contributed by atoms with Crippen molar-refractivity contribution in [2.24, 2.45) is 0 Å². The molecule has 2 N–H and O–H groups in total. The summed E-state index contributed by atoms with van der Waals surface area (Å²) in [5.74, 6) is -0.197. The molecule has 0 aliphatic heterocycles. The number of anilines is 1. The summed E-state index contributed by atoms with van der Waals surface area (Å²) in [4.78, 5) is 15.9. The maximum absolute atomic E-state index is 12.3. The van der Waals surface area contributed by atoms with Crippen LogP contribution in [-0.4, -0.2) is 25.9 Å². The second kappa shape index (κ2) is 8.44. The highest BCUT2D eigenvalue weighted by Crippen LogP contribution is 2.15. The molecule has 24 heavy (non-hydrogen) atoms. The van der Waals surface area contributed by atoms with Gasteiger partial charge in [0.1, 0.15) is 0 Å². The molecule has 0 aliphatic rings. The Hall–Kier alpha value is -2.41. The Morgan fingerprint density at radius 3 is 2.33 bits per heavy atom. The summed E-state index contributed by atoms with van der Waals surface area (Å²) in [6.07, 6.45) is 6.10. The molecule has 0 fully saturated rings. The van der Waals surface area contributed by atoms with E-state index in [1.165, 1.54) is 36.7 Å². The van der Waals surface area contributed by atoms with Gasteiger partial charge in [-0.1, -0.05) is 19.8 Å². The topological polar surface area (TPSA) is 88.2 Å². The van der Waals surface area contributed by atoms with Crippen LogP contribution in [0.3, 0.4) is 0 Å². The zero-order valence-corrected chi connectivity index (χ0v) is 14.3. The van der Waals surface area contributed by atoms with Crippen molar-refractivity contribution >= 4 is 21.6 Å². The molecule has 0 atom stereocenters. The summed E-state index contributed by atoms with van der Waals surface area (Å²) in [5.41, 5.74) is 0.872. The van der Waals surface area contributed by atoms with E-state index in [1.807, 2.05) is 0 Å². The first-order valence-electron chi connectivity index (χ1n) is 7.84. The summed E-state index contributed by atoms with van der Waals surface area (Å²) >= 11 is 0. The number of hydrogen-bond donors (Lipinski definition) is 2. The Bertz CT molecular complexity index is 759. The van der Waals surface area contributed by atoms with Gasteiger partial charge in [-0.15, -0.1) is 0 Å². The van der Waals surface area contributed by atoms with Crippen LogP contribution >= 0.6 is 0 Å². The van der Waals surface area contributed by atoms with Gasteiger partial charge in [0, 0.05) is 24.5 Å². The number of benzene rings is 1. The lowest BCUT2D eigenvalue weighted by molar-refractivity contribution is 0.0953. The zero-order valence-electron chi connectivity index (χ0n) is 13.5. The van der Waals surface area contributed by atoms with Crippen LogP contribution in [0.4, 0.5) is 5.69 Å². The average molecular weight is 347 g/mol. The average Bonchev–Trinajstić information content (AvgIpc) is 2.59. The highest BCUT2D eigenvalue weighted by molar-refractivity contribution is 7.92. The van der Waals surface area contributed by atoms with Gasteiger partial charge in [0.05, 0.1) is 10.6 Å². The minimum atomic E-state index is -3.69. The number of sulfonamides is 1. The lowest BCUT2D eigenvalue weighted by Crippen LogP contribution is -2.24. The Morgan fingerprint density at radius 2 is 1.71 bits per heavy atom. The molecule has 0 unspecified atom stereocenters. The third-order valence-corrected chi connectivity index (χ3v) is 4.82. The summed E-state index contributed by atoms with van der Waals surface area (Å²) in [7, 11) is -3.69. The standard InChI is InChI=1S/C17H21N3O3S/c1-2-3-4-11-19-17(21)14-5-7-16(8-6-14)24(22,23)20-15-9-12-18-13-10-15/h5-10,12-13H,2-4,11H2,1H3,(H,18,20)(H,19,21). The smallest absolute Gasteiger partial charge is 0.261 e. The van der Waals surface area contributed by atoms with Crippen molar-refractivity contribution in [2.75, 3.05) is 11.3 Å². The SMILES string of the molecule is CCCCCNC(=O)c1ccc(S(=O)(=O)Nc2ccncc2)cc1. The van der Waals surface area contributed by atoms with Crippen LogP contribution in [0.2, 0.25) is 0 Å². The molecule has 0 radical (unpaired) electrons. The zero-order chi connectivity index (χ0) is 17.4. The minimum Gasteiger partial charge on any atom is -0.352 e. The van der Waals surface area contributed by atoms with Crippen LogP contribution in [-0.2, 0) is 10.0 Å². The van der Waals surface area contributed by atoms with E-state index in [1.54, 1.807) is 12.1 Å². The van der Waals surface area contributed by atoms with E-state index in [9.17, 15) is 13.2 Å². The lowest BCUT2D eigenvalue weighted by Gasteiger charge is -2.09. The molecule has 128 valence electrons. The highest BCUT2D eigenvalue weighted by atomic mass is 32.2. The first-order valence-corrected chi connectivity index (χ1v) is 9.32. The van der Waals surface area contributed by atoms with Crippen LogP contribution in [0.5, 0.6) is 0 Å². The van der Waals surface area contributed by atoms with Crippen LogP contribution < -0.4 is 10.0 Å². The molecule has 1 heterocycles. The fraction of sp³-hybridized carbons (Fsp3) is 0.294. The molecule has 6 nitrogen and oxygen atoms in total. The second-order valence-corrected chi connectivity index (χ2v) is 7.01. The van der Waals surface area contributed by atoms with E-state index >= 15 is 0 Å². The van der Waals surface area contributed by atoms with Crippen molar-refractivity contribution < 1.29 is 13.2 Å². The molecule has 7 heteroatoms. The van der Waals surface area contributed by atoms with Gasteiger partial charge in [-0.3, -0.25) is 14.5 Å². The number of carbonyl (C=O) groups excluding carboxylic acids is 1. The second-order valence-electron chi connectivity index (χ2n) is 5.33. The Morgan fingerprint density at radius 1 is 1.04 bits per heavy atom. The first-order chi connectivity index (χ1) is 11.5. The van der Waals surface area contributed by atoms with Gasteiger partial charge in [-0.25, -0.2) is 8.42 Å². The van der Waals surface area contributed by atoms with Gasteiger partial charge in [0.2, 0.25) is 0 Å². The Balaban J connectivity index is 2.01. The molecular formula is C17H21N3O3S. The van der Waals surface area contributed by atoms with E-state index in [0.29, 0.717) is 17.8 Å². The van der Waals surface area contributed by atoms with Crippen molar-refractivity contribution in [3.63, 3.8) is 0 Å². The molecule has 1 aromatic heterocycles. The van der Waals surface area contributed by atoms with Gasteiger partial charge < -0.3 is 5.32 Å². The fourth-order valence-corrected chi connectivity index (χ4v) is 3.16. The summed E-state index contributed by atoms with van der Waals surface area (Å²) in [6.45, 7) is 2.72. The van der Waals surface area contributed by atoms with Crippen molar-refractivity contribution in [1.29, 1.82) is 0 Å². The van der Waals surface area contributed by atoms with Crippen molar-refractivity contribution in [1.82, 2.24) is 10.3 Å². The monoisotopic (exact) mass is 347 g/mol. The molecule has 0 bridgehead atoms. The molecule has 2 rings (SSSR count). The fourth-order valence-electron chi connectivity index (χ4n) is 2.10. The van der Waals surface area contributed by atoms with E-state index in [4.69, 9.17) is 0 Å². The van der Waals surface area contributed by atoms with Crippen LogP contribution in [0, 0.1) is 0 Å². The van der Waals surface area contributed by atoms with Crippen molar-refractivity contribution in [3.05, 3.63) is 54.4 Å². The third-order valence-electron chi connectivity index (χ3n) is 3.43. The molecule has 0 saturated carbocycles. The predicted octanol–water partition coefficient (Wildman–Crippen LogP) is 2.80. The van der Waals surface area contributed by atoms with Gasteiger partial charge >= 0.3 is 0 Å². The number of aromatic nitrogens is 1. The number of nitrogens with one attached hydrogen (secondary N) is 2. The number of nitrogens with zero attached hydrogens (tertiary/aromatic N) is 1. The number of amides is 1. The third kappa shape index (κ3) is 5.06.